The van der Waals surface area contributed by atoms with Crippen LogP contribution in [0.2, 0.25) is 0 Å². The molecular formula is C13H22N4O2S. The molecule has 7 heteroatoms. The van der Waals surface area contributed by atoms with E-state index in [1.54, 1.807) is 10.5 Å². The summed E-state index contributed by atoms with van der Waals surface area (Å²) in [5.41, 5.74) is 0.751. The quantitative estimate of drug-likeness (QED) is 0.857. The van der Waals surface area contributed by atoms with Gasteiger partial charge >= 0.3 is 0 Å². The van der Waals surface area contributed by atoms with Crippen molar-refractivity contribution in [2.75, 3.05) is 13.1 Å². The minimum Gasteiger partial charge on any atom is -0.310 e. The van der Waals surface area contributed by atoms with E-state index in [2.05, 4.69) is 15.5 Å². The van der Waals surface area contributed by atoms with Gasteiger partial charge in [0.1, 0.15) is 0 Å². The Morgan fingerprint density at radius 1 is 1.25 bits per heavy atom. The highest BCUT2D eigenvalue weighted by molar-refractivity contribution is 7.89. The molecule has 2 N–H and O–H groups in total. The van der Waals surface area contributed by atoms with E-state index in [1.165, 1.54) is 12.8 Å². The molecule has 1 saturated carbocycles. The Morgan fingerprint density at radius 3 is 2.60 bits per heavy atom. The Bertz CT molecular complexity index is 542. The molecular weight excluding hydrogens is 276 g/mol. The van der Waals surface area contributed by atoms with Crippen molar-refractivity contribution >= 4 is 10.0 Å². The van der Waals surface area contributed by atoms with Gasteiger partial charge < -0.3 is 5.32 Å². The number of nitrogens with one attached hydrogen (secondary N) is 2. The third-order valence-electron chi connectivity index (χ3n) is 4.00. The zero-order valence-corrected chi connectivity index (χ0v) is 12.5. The Balaban J connectivity index is 1.76. The second-order valence-electron chi connectivity index (χ2n) is 5.70. The third-order valence-corrected chi connectivity index (χ3v) is 5.91. The van der Waals surface area contributed by atoms with E-state index >= 15 is 0 Å². The number of aromatic amines is 1. The van der Waals surface area contributed by atoms with Gasteiger partial charge in [-0.2, -0.15) is 9.40 Å². The smallest absolute Gasteiger partial charge is 0.260 e. The molecule has 2 heterocycles. The van der Waals surface area contributed by atoms with Crippen molar-refractivity contribution in [3.8, 4) is 0 Å². The number of nitrogens with zero attached hydrogens (tertiary/aromatic N) is 2. The Labute approximate surface area is 120 Å². The zero-order valence-electron chi connectivity index (χ0n) is 11.6. The normalized spacial score (nSPS) is 21.8. The minimum absolute atomic E-state index is 0.271. The Morgan fingerprint density at radius 2 is 1.95 bits per heavy atom. The summed E-state index contributed by atoms with van der Waals surface area (Å²) in [5, 5.41) is 10.2. The van der Waals surface area contributed by atoms with E-state index in [9.17, 15) is 8.42 Å². The summed E-state index contributed by atoms with van der Waals surface area (Å²) in [6, 6.07) is 0.554. The lowest BCUT2D eigenvalue weighted by molar-refractivity contribution is 0.420. The van der Waals surface area contributed by atoms with Gasteiger partial charge in [0.2, 0.25) is 0 Å². The van der Waals surface area contributed by atoms with Crippen LogP contribution in [-0.2, 0) is 16.6 Å². The lowest BCUT2D eigenvalue weighted by Gasteiger charge is -2.19. The van der Waals surface area contributed by atoms with Gasteiger partial charge in [-0.25, -0.2) is 8.42 Å². The molecule has 1 aliphatic heterocycles. The van der Waals surface area contributed by atoms with Crippen LogP contribution in [0.4, 0.5) is 0 Å². The van der Waals surface area contributed by atoms with Gasteiger partial charge in [-0.05, 0) is 25.7 Å². The molecule has 6 nitrogen and oxygen atoms in total. The summed E-state index contributed by atoms with van der Waals surface area (Å²) >= 11 is 0. The molecule has 3 rings (SSSR count). The van der Waals surface area contributed by atoms with Crippen LogP contribution in [0.5, 0.6) is 0 Å². The molecule has 112 valence electrons. The monoisotopic (exact) mass is 298 g/mol. The van der Waals surface area contributed by atoms with Crippen LogP contribution in [0.1, 0.15) is 44.1 Å². The lowest BCUT2D eigenvalue weighted by Crippen LogP contribution is -2.33. The maximum Gasteiger partial charge on any atom is 0.260 e. The van der Waals surface area contributed by atoms with Crippen LogP contribution >= 0.6 is 0 Å². The first-order valence-corrected chi connectivity index (χ1v) is 8.88. The maximum atomic E-state index is 12.7. The molecule has 1 aliphatic carbocycles. The van der Waals surface area contributed by atoms with Crippen LogP contribution in [0.25, 0.3) is 0 Å². The highest BCUT2D eigenvalue weighted by Crippen LogP contribution is 2.23. The topological polar surface area (TPSA) is 78.1 Å². The molecule has 0 aromatic carbocycles. The summed E-state index contributed by atoms with van der Waals surface area (Å²) in [5.74, 6) is 0. The van der Waals surface area contributed by atoms with Crippen LogP contribution in [0.3, 0.4) is 0 Å². The van der Waals surface area contributed by atoms with Gasteiger partial charge in [-0.15, -0.1) is 0 Å². The summed E-state index contributed by atoms with van der Waals surface area (Å²) in [6.45, 7) is 1.82. The van der Waals surface area contributed by atoms with Crippen LogP contribution in [0.15, 0.2) is 11.2 Å². The zero-order chi connectivity index (χ0) is 14.0. The number of rotatable bonds is 5. The van der Waals surface area contributed by atoms with E-state index in [1.807, 2.05) is 0 Å². The van der Waals surface area contributed by atoms with E-state index in [0.29, 0.717) is 25.7 Å². The Kier molecular flexibility index (Phi) is 4.09. The summed E-state index contributed by atoms with van der Waals surface area (Å²) in [4.78, 5) is 0. The fourth-order valence-electron chi connectivity index (χ4n) is 2.60. The minimum atomic E-state index is -3.42. The number of hydrogen-bond donors (Lipinski definition) is 2. The first-order valence-electron chi connectivity index (χ1n) is 7.44. The SMILES string of the molecule is O=S(=O)(c1[nH]ncc1CNC1CC1)N1CCCCCC1. The number of aromatic nitrogens is 2. The van der Waals surface area contributed by atoms with Gasteiger partial charge in [-0.3, -0.25) is 5.10 Å². The van der Waals surface area contributed by atoms with Crippen molar-refractivity contribution in [2.45, 2.75) is 56.1 Å². The fraction of sp³-hybridized carbons (Fsp3) is 0.769. The van der Waals surface area contributed by atoms with E-state index in [-0.39, 0.29) is 5.03 Å². The lowest BCUT2D eigenvalue weighted by atomic mass is 10.2. The van der Waals surface area contributed by atoms with Crippen LogP contribution in [0, 0.1) is 0 Å². The van der Waals surface area contributed by atoms with Crippen LogP contribution in [-0.4, -0.2) is 42.1 Å². The molecule has 20 heavy (non-hydrogen) atoms. The van der Waals surface area contributed by atoms with Gasteiger partial charge in [-0.1, -0.05) is 12.8 Å². The van der Waals surface area contributed by atoms with Crippen molar-refractivity contribution in [2.24, 2.45) is 0 Å². The van der Waals surface area contributed by atoms with Crippen molar-refractivity contribution in [1.29, 1.82) is 0 Å². The maximum absolute atomic E-state index is 12.7. The van der Waals surface area contributed by atoms with Gasteiger partial charge in [0.05, 0.1) is 6.20 Å². The van der Waals surface area contributed by atoms with E-state index in [4.69, 9.17) is 0 Å². The Hall–Kier alpha value is -0.920. The molecule has 1 aromatic rings. The number of sulfonamides is 1. The van der Waals surface area contributed by atoms with Crippen molar-refractivity contribution in [3.63, 3.8) is 0 Å². The molecule has 2 aliphatic rings. The second-order valence-corrected chi connectivity index (χ2v) is 7.57. The average Bonchev–Trinajstić information content (AvgIpc) is 3.19. The first-order chi connectivity index (χ1) is 9.68. The molecule has 1 saturated heterocycles. The highest BCUT2D eigenvalue weighted by atomic mass is 32.2. The van der Waals surface area contributed by atoms with Gasteiger partial charge in [0, 0.05) is 31.2 Å². The second kappa shape index (κ2) is 5.83. The molecule has 0 amide bonds. The predicted octanol–water partition coefficient (Wildman–Crippen LogP) is 1.23. The first kappa shape index (κ1) is 14.0. The highest BCUT2D eigenvalue weighted by Gasteiger charge is 2.29. The molecule has 2 fully saturated rings. The van der Waals surface area contributed by atoms with Crippen LogP contribution < -0.4 is 5.32 Å². The van der Waals surface area contributed by atoms with Crippen molar-refractivity contribution < 1.29 is 8.42 Å². The fourth-order valence-corrected chi connectivity index (χ4v) is 4.22. The molecule has 0 spiro atoms. The number of H-pyrrole nitrogens is 1. The van der Waals surface area contributed by atoms with Gasteiger partial charge in [0.15, 0.2) is 5.03 Å². The van der Waals surface area contributed by atoms with E-state index in [0.717, 1.165) is 31.2 Å². The standard InChI is InChI=1S/C13H22N4O2S/c18-20(19,17-7-3-1-2-4-8-17)13-11(10-15-16-13)9-14-12-5-6-12/h10,12,14H,1-9H2,(H,15,16). The van der Waals surface area contributed by atoms with E-state index < -0.39 is 10.0 Å². The molecule has 1 aromatic heterocycles. The number of hydrogen-bond acceptors (Lipinski definition) is 4. The summed E-state index contributed by atoms with van der Waals surface area (Å²) in [6.07, 6.45) is 8.13. The summed E-state index contributed by atoms with van der Waals surface area (Å²) < 4.78 is 27.0. The van der Waals surface area contributed by atoms with Crippen molar-refractivity contribution in [3.05, 3.63) is 11.8 Å². The summed E-state index contributed by atoms with van der Waals surface area (Å²) in [7, 11) is -3.42. The largest absolute Gasteiger partial charge is 0.310 e. The molecule has 0 unspecified atom stereocenters. The third kappa shape index (κ3) is 3.05. The molecule has 0 bridgehead atoms. The average molecular weight is 298 g/mol. The predicted molar refractivity (Wildman–Crippen MR) is 75.7 cm³/mol. The molecule has 0 atom stereocenters. The molecule has 0 radical (unpaired) electrons. The van der Waals surface area contributed by atoms with Crippen molar-refractivity contribution in [1.82, 2.24) is 19.8 Å². The van der Waals surface area contributed by atoms with Gasteiger partial charge in [0.25, 0.3) is 10.0 Å².